The van der Waals surface area contributed by atoms with Gasteiger partial charge in [0.1, 0.15) is 12.1 Å². The normalized spacial score (nSPS) is 11.5. The van der Waals surface area contributed by atoms with E-state index in [1.807, 2.05) is 0 Å². The Morgan fingerprint density at radius 3 is 2.26 bits per heavy atom. The van der Waals surface area contributed by atoms with Crippen molar-refractivity contribution in [3.05, 3.63) is 58.3 Å². The molecule has 140 valence electrons. The quantitative estimate of drug-likeness (QED) is 0.642. The predicted molar refractivity (Wildman–Crippen MR) is 100 cm³/mol. The van der Waals surface area contributed by atoms with E-state index in [-0.39, 0.29) is 10.7 Å². The molecule has 0 fully saturated rings. The summed E-state index contributed by atoms with van der Waals surface area (Å²) in [7, 11) is -3.86. The van der Waals surface area contributed by atoms with Gasteiger partial charge < -0.3 is 9.63 Å². The van der Waals surface area contributed by atoms with Crippen LogP contribution >= 0.6 is 23.2 Å². The maximum Gasteiger partial charge on any atom is 0.311 e. The Kier molecular flexibility index (Phi) is 5.25. The Morgan fingerprint density at radius 2 is 1.70 bits per heavy atom. The second-order valence-corrected chi connectivity index (χ2v) is 7.97. The monoisotopic (exact) mass is 426 g/mol. The van der Waals surface area contributed by atoms with Crippen molar-refractivity contribution in [3.63, 3.8) is 0 Å². The molecule has 0 unspecified atom stereocenters. The minimum atomic E-state index is -3.86. The average molecular weight is 427 g/mol. The number of benzene rings is 2. The summed E-state index contributed by atoms with van der Waals surface area (Å²) in [6.07, 6.45) is -0.402. The number of nitrogens with zero attached hydrogens (tertiary/aromatic N) is 1. The predicted octanol–water partition coefficient (Wildman–Crippen LogP) is 3.59. The van der Waals surface area contributed by atoms with Crippen LogP contribution in [0.25, 0.3) is 22.4 Å². The van der Waals surface area contributed by atoms with Crippen LogP contribution in [0.3, 0.4) is 0 Å². The van der Waals surface area contributed by atoms with Crippen LogP contribution in [-0.2, 0) is 21.2 Å². The summed E-state index contributed by atoms with van der Waals surface area (Å²) >= 11 is 12.0. The zero-order valence-corrected chi connectivity index (χ0v) is 15.8. The maximum absolute atomic E-state index is 11.4. The third-order valence-electron chi connectivity index (χ3n) is 3.74. The van der Waals surface area contributed by atoms with Crippen LogP contribution in [0.1, 0.15) is 5.76 Å². The molecule has 0 aliphatic carbocycles. The Morgan fingerprint density at radius 1 is 1.07 bits per heavy atom. The Balaban J connectivity index is 2.18. The number of hydrogen-bond acceptors (Lipinski definition) is 5. The van der Waals surface area contributed by atoms with Gasteiger partial charge in [0, 0.05) is 5.56 Å². The highest BCUT2D eigenvalue weighted by Crippen LogP contribution is 2.37. The molecule has 7 nitrogen and oxygen atoms in total. The highest BCUT2D eigenvalue weighted by atomic mass is 35.5. The van der Waals surface area contributed by atoms with Gasteiger partial charge in [-0.1, -0.05) is 46.6 Å². The van der Waals surface area contributed by atoms with Crippen molar-refractivity contribution < 1.29 is 22.8 Å². The van der Waals surface area contributed by atoms with E-state index in [2.05, 4.69) is 5.16 Å². The third-order valence-corrected chi connectivity index (χ3v) is 5.41. The molecule has 0 saturated carbocycles. The van der Waals surface area contributed by atoms with Crippen LogP contribution < -0.4 is 5.14 Å². The van der Waals surface area contributed by atoms with Crippen LogP contribution in [0, 0.1) is 0 Å². The highest BCUT2D eigenvalue weighted by molar-refractivity contribution is 7.89. The van der Waals surface area contributed by atoms with Crippen LogP contribution in [-0.4, -0.2) is 24.7 Å². The summed E-state index contributed by atoms with van der Waals surface area (Å²) in [5, 5.41) is 18.9. The van der Waals surface area contributed by atoms with E-state index in [0.29, 0.717) is 32.4 Å². The summed E-state index contributed by atoms with van der Waals surface area (Å²) in [5.74, 6) is -0.985. The van der Waals surface area contributed by atoms with E-state index in [1.165, 1.54) is 24.3 Å². The SMILES string of the molecule is NS(=O)(=O)c1ccc(-c2c(-c3ccc(Cl)c(Cl)c3)noc2CC(=O)O)cc1. The lowest BCUT2D eigenvalue weighted by atomic mass is 9.98. The van der Waals surface area contributed by atoms with Crippen molar-refractivity contribution in [1.29, 1.82) is 0 Å². The van der Waals surface area contributed by atoms with E-state index < -0.39 is 22.4 Å². The molecule has 0 aliphatic rings. The largest absolute Gasteiger partial charge is 0.481 e. The summed E-state index contributed by atoms with van der Waals surface area (Å²) < 4.78 is 28.1. The molecular formula is C17H12Cl2N2O5S. The molecule has 27 heavy (non-hydrogen) atoms. The number of carbonyl (C=O) groups is 1. The molecule has 3 aromatic rings. The average Bonchev–Trinajstić information content (AvgIpc) is 2.99. The summed E-state index contributed by atoms with van der Waals surface area (Å²) in [5.41, 5.74) is 1.85. The van der Waals surface area contributed by atoms with E-state index in [1.54, 1.807) is 18.2 Å². The van der Waals surface area contributed by atoms with Crippen molar-refractivity contribution in [3.8, 4) is 22.4 Å². The number of carboxylic acids is 1. The molecule has 0 spiro atoms. The van der Waals surface area contributed by atoms with E-state index in [0.717, 1.165) is 0 Å². The second kappa shape index (κ2) is 7.32. The van der Waals surface area contributed by atoms with Gasteiger partial charge in [-0.05, 0) is 29.8 Å². The fraction of sp³-hybridized carbons (Fsp3) is 0.0588. The van der Waals surface area contributed by atoms with Crippen LogP contribution in [0.15, 0.2) is 51.9 Å². The molecule has 0 amide bonds. The molecule has 0 saturated heterocycles. The first-order valence-electron chi connectivity index (χ1n) is 7.46. The first-order valence-corrected chi connectivity index (χ1v) is 9.76. The van der Waals surface area contributed by atoms with Crippen molar-refractivity contribution >= 4 is 39.2 Å². The van der Waals surface area contributed by atoms with Gasteiger partial charge in [-0.25, -0.2) is 13.6 Å². The molecule has 3 N–H and O–H groups in total. The van der Waals surface area contributed by atoms with Gasteiger partial charge in [0.05, 0.1) is 20.5 Å². The molecule has 0 atom stereocenters. The summed E-state index contributed by atoms with van der Waals surface area (Å²) in [4.78, 5) is 11.1. The molecule has 0 radical (unpaired) electrons. The number of carboxylic acid groups (broad SMARTS) is 1. The van der Waals surface area contributed by atoms with E-state index in [9.17, 15) is 13.2 Å². The summed E-state index contributed by atoms with van der Waals surface area (Å²) in [6.45, 7) is 0. The lowest BCUT2D eigenvalue weighted by Crippen LogP contribution is -2.11. The van der Waals surface area contributed by atoms with Crippen LogP contribution in [0.2, 0.25) is 10.0 Å². The first-order chi connectivity index (χ1) is 12.7. The number of primary sulfonamides is 1. The minimum absolute atomic E-state index is 0.0708. The molecular weight excluding hydrogens is 415 g/mol. The number of aromatic nitrogens is 1. The van der Waals surface area contributed by atoms with E-state index >= 15 is 0 Å². The van der Waals surface area contributed by atoms with Gasteiger partial charge in [-0.3, -0.25) is 4.79 Å². The van der Waals surface area contributed by atoms with Crippen molar-refractivity contribution in [2.75, 3.05) is 0 Å². The number of sulfonamides is 1. The highest BCUT2D eigenvalue weighted by Gasteiger charge is 2.22. The van der Waals surface area contributed by atoms with Crippen LogP contribution in [0.5, 0.6) is 0 Å². The maximum atomic E-state index is 11.4. The van der Waals surface area contributed by atoms with Gasteiger partial charge in [0.2, 0.25) is 10.0 Å². The minimum Gasteiger partial charge on any atom is -0.481 e. The van der Waals surface area contributed by atoms with Gasteiger partial charge in [0.25, 0.3) is 0 Å². The Hall–Kier alpha value is -2.39. The van der Waals surface area contributed by atoms with Crippen molar-refractivity contribution in [1.82, 2.24) is 5.16 Å². The third kappa shape index (κ3) is 4.14. The van der Waals surface area contributed by atoms with Gasteiger partial charge in [-0.2, -0.15) is 0 Å². The van der Waals surface area contributed by atoms with Gasteiger partial charge in [-0.15, -0.1) is 0 Å². The fourth-order valence-corrected chi connectivity index (χ4v) is 3.35. The fourth-order valence-electron chi connectivity index (χ4n) is 2.53. The number of hydrogen-bond donors (Lipinski definition) is 2. The zero-order chi connectivity index (χ0) is 19.8. The molecule has 1 aromatic heterocycles. The molecule has 0 aliphatic heterocycles. The smallest absolute Gasteiger partial charge is 0.311 e. The van der Waals surface area contributed by atoms with Gasteiger partial charge >= 0.3 is 5.97 Å². The van der Waals surface area contributed by atoms with E-state index in [4.69, 9.17) is 38.0 Å². The van der Waals surface area contributed by atoms with Crippen molar-refractivity contribution in [2.45, 2.75) is 11.3 Å². The molecule has 0 bridgehead atoms. The number of aliphatic carboxylic acids is 1. The number of nitrogens with two attached hydrogens (primary N) is 1. The number of rotatable bonds is 5. The lowest BCUT2D eigenvalue weighted by Gasteiger charge is -2.06. The van der Waals surface area contributed by atoms with Crippen molar-refractivity contribution in [2.24, 2.45) is 5.14 Å². The lowest BCUT2D eigenvalue weighted by molar-refractivity contribution is -0.136. The summed E-state index contributed by atoms with van der Waals surface area (Å²) in [6, 6.07) is 10.5. The molecule has 3 rings (SSSR count). The zero-order valence-electron chi connectivity index (χ0n) is 13.5. The Labute approximate surface area is 164 Å². The second-order valence-electron chi connectivity index (χ2n) is 5.60. The number of halogens is 2. The molecule has 2 aromatic carbocycles. The first kappa shape index (κ1) is 19.4. The van der Waals surface area contributed by atoms with Gasteiger partial charge in [0.15, 0.2) is 5.76 Å². The standard InChI is InChI=1S/C17H12Cl2N2O5S/c18-12-6-3-10(7-13(12)19)17-16(14(26-21-17)8-15(22)23)9-1-4-11(5-2-9)27(20,24)25/h1-7H,8H2,(H,22,23)(H2,20,24,25). The molecule has 1 heterocycles. The van der Waals surface area contributed by atoms with Crippen LogP contribution in [0.4, 0.5) is 0 Å². The topological polar surface area (TPSA) is 123 Å². The molecule has 10 heteroatoms. The Bertz CT molecular complexity index is 1120.